The Morgan fingerprint density at radius 2 is 1.11 bits per heavy atom. The number of piperazine rings is 1. The molecule has 260 valence electrons. The molecule has 0 aromatic heterocycles. The third-order valence-electron chi connectivity index (χ3n) is 6.56. The minimum absolute atomic E-state index is 0.182. The summed E-state index contributed by atoms with van der Waals surface area (Å²) in [7, 11) is 3.28. The molecule has 1 aliphatic rings. The van der Waals surface area contributed by atoms with Gasteiger partial charge in [-0.1, -0.05) is 18.2 Å². The summed E-state index contributed by atoms with van der Waals surface area (Å²) in [6.45, 7) is 14.7. The van der Waals surface area contributed by atoms with E-state index < -0.39 is 29.4 Å². The van der Waals surface area contributed by atoms with Gasteiger partial charge < -0.3 is 43.4 Å². The molecule has 1 aromatic carbocycles. The Labute approximate surface area is 273 Å². The number of rotatable bonds is 14. The van der Waals surface area contributed by atoms with Crippen LogP contribution in [0.2, 0.25) is 0 Å². The molecule has 0 atom stereocenters. The maximum absolute atomic E-state index is 13.5. The maximum Gasteiger partial charge on any atom is 0.410 e. The zero-order valence-corrected chi connectivity index (χ0v) is 28.8. The van der Waals surface area contributed by atoms with Crippen LogP contribution in [-0.4, -0.2) is 153 Å². The molecule has 1 heterocycles. The fourth-order valence-electron chi connectivity index (χ4n) is 4.04. The van der Waals surface area contributed by atoms with Crippen molar-refractivity contribution in [2.24, 2.45) is 0 Å². The first-order valence-corrected chi connectivity index (χ1v) is 15.7. The van der Waals surface area contributed by atoms with Crippen LogP contribution in [0, 0.1) is 0 Å². The number of carbonyl (C=O) groups is 4. The van der Waals surface area contributed by atoms with E-state index in [1.165, 1.54) is 9.80 Å². The van der Waals surface area contributed by atoms with Gasteiger partial charge in [-0.05, 0) is 53.7 Å². The third kappa shape index (κ3) is 15.1. The van der Waals surface area contributed by atoms with Crippen LogP contribution in [0.1, 0.15) is 51.9 Å². The van der Waals surface area contributed by atoms with E-state index in [1.54, 1.807) is 94.8 Å². The SMILES string of the molecule is CN(CCOCCN(CCOCCN(C)C(=O)OC(C)(C)C)C(=O)N1CCN(OC(=O)c2ccccc2)CC1)C(=O)OC(C)(C)C. The van der Waals surface area contributed by atoms with Gasteiger partial charge in [0.1, 0.15) is 11.2 Å². The van der Waals surface area contributed by atoms with Crippen molar-refractivity contribution < 1.29 is 43.0 Å². The van der Waals surface area contributed by atoms with Gasteiger partial charge in [-0.25, -0.2) is 19.2 Å². The summed E-state index contributed by atoms with van der Waals surface area (Å²) in [5.41, 5.74) is -0.716. The van der Waals surface area contributed by atoms with Crippen LogP contribution in [0.5, 0.6) is 0 Å². The highest BCUT2D eigenvalue weighted by Gasteiger charge is 2.27. The Balaban J connectivity index is 1.85. The van der Waals surface area contributed by atoms with Gasteiger partial charge in [0.15, 0.2) is 0 Å². The molecular formula is C32H53N5O9. The monoisotopic (exact) mass is 651 g/mol. The summed E-state index contributed by atoms with van der Waals surface area (Å²) in [5, 5.41) is 1.57. The molecule has 0 radical (unpaired) electrons. The Bertz CT molecular complexity index is 1060. The molecule has 4 amide bonds. The van der Waals surface area contributed by atoms with Crippen LogP contribution in [0.4, 0.5) is 14.4 Å². The number of carbonyl (C=O) groups excluding carboxylic acids is 4. The summed E-state index contributed by atoms with van der Waals surface area (Å²) in [4.78, 5) is 62.0. The van der Waals surface area contributed by atoms with Gasteiger partial charge in [0, 0.05) is 53.4 Å². The lowest BCUT2D eigenvalue weighted by molar-refractivity contribution is -0.126. The molecule has 0 bridgehead atoms. The molecule has 2 rings (SSSR count). The number of hydrogen-bond acceptors (Lipinski definition) is 10. The standard InChI is InChI=1S/C32H53N5O9/c1-31(2,3)44-29(40)33(7)18-22-42-24-20-36(21-25-43-23-19-34(8)30(41)45-32(4,5)6)28(39)35-14-16-37(17-15-35)46-27(38)26-12-10-9-11-13-26/h9-13H,14-25H2,1-8H3. The van der Waals surface area contributed by atoms with E-state index in [9.17, 15) is 19.2 Å². The second-order valence-electron chi connectivity index (χ2n) is 13.0. The second-order valence-corrected chi connectivity index (χ2v) is 13.0. The average Bonchev–Trinajstić information content (AvgIpc) is 2.98. The van der Waals surface area contributed by atoms with Gasteiger partial charge in [0.25, 0.3) is 0 Å². The second kappa shape index (κ2) is 18.5. The highest BCUT2D eigenvalue weighted by atomic mass is 16.7. The van der Waals surface area contributed by atoms with Crippen molar-refractivity contribution in [1.82, 2.24) is 24.7 Å². The van der Waals surface area contributed by atoms with Crippen LogP contribution >= 0.6 is 0 Å². The Morgan fingerprint density at radius 1 is 0.674 bits per heavy atom. The molecular weight excluding hydrogens is 598 g/mol. The quantitative estimate of drug-likeness (QED) is 0.275. The highest BCUT2D eigenvalue weighted by molar-refractivity contribution is 5.89. The van der Waals surface area contributed by atoms with Crippen molar-refractivity contribution >= 4 is 24.2 Å². The predicted octanol–water partition coefficient (Wildman–Crippen LogP) is 3.57. The number of urea groups is 1. The largest absolute Gasteiger partial charge is 0.444 e. The number of nitrogens with zero attached hydrogens (tertiary/aromatic N) is 5. The summed E-state index contributed by atoms with van der Waals surface area (Å²) in [6.07, 6.45) is -0.869. The molecule has 14 heteroatoms. The first kappa shape index (κ1) is 38.6. The molecule has 14 nitrogen and oxygen atoms in total. The van der Waals surface area contributed by atoms with Gasteiger partial charge in [0.2, 0.25) is 0 Å². The Morgan fingerprint density at radius 3 is 1.54 bits per heavy atom. The summed E-state index contributed by atoms with van der Waals surface area (Å²) >= 11 is 0. The van der Waals surface area contributed by atoms with Gasteiger partial charge >= 0.3 is 24.2 Å². The van der Waals surface area contributed by atoms with Crippen LogP contribution in [0.25, 0.3) is 0 Å². The van der Waals surface area contributed by atoms with Crippen molar-refractivity contribution in [2.45, 2.75) is 52.7 Å². The number of amides is 4. The van der Waals surface area contributed by atoms with Crippen molar-refractivity contribution in [3.05, 3.63) is 35.9 Å². The molecule has 1 aromatic rings. The van der Waals surface area contributed by atoms with Gasteiger partial charge in [-0.3, -0.25) is 0 Å². The van der Waals surface area contributed by atoms with Crippen molar-refractivity contribution in [3.63, 3.8) is 0 Å². The topological polar surface area (TPSA) is 131 Å². The lowest BCUT2D eigenvalue weighted by atomic mass is 10.2. The number of benzene rings is 1. The molecule has 1 fully saturated rings. The van der Waals surface area contributed by atoms with Gasteiger partial charge in [-0.15, -0.1) is 5.06 Å². The third-order valence-corrected chi connectivity index (χ3v) is 6.56. The molecule has 0 unspecified atom stereocenters. The fraction of sp³-hybridized carbons (Fsp3) is 0.688. The number of hydroxylamine groups is 2. The lowest BCUT2D eigenvalue weighted by Crippen LogP contribution is -2.54. The van der Waals surface area contributed by atoms with Crippen molar-refractivity contribution in [1.29, 1.82) is 0 Å². The normalized spacial score (nSPS) is 14.0. The minimum atomic E-state index is -0.588. The summed E-state index contributed by atoms with van der Waals surface area (Å²) in [5.74, 6) is -0.439. The van der Waals surface area contributed by atoms with Crippen LogP contribution in [-0.2, 0) is 23.8 Å². The molecule has 1 saturated heterocycles. The predicted molar refractivity (Wildman–Crippen MR) is 171 cm³/mol. The first-order valence-electron chi connectivity index (χ1n) is 15.7. The zero-order valence-electron chi connectivity index (χ0n) is 28.8. The fourth-order valence-corrected chi connectivity index (χ4v) is 4.04. The minimum Gasteiger partial charge on any atom is -0.444 e. The lowest BCUT2D eigenvalue weighted by Gasteiger charge is -2.36. The van der Waals surface area contributed by atoms with Crippen LogP contribution < -0.4 is 0 Å². The summed E-state index contributed by atoms with van der Waals surface area (Å²) in [6, 6.07) is 8.57. The first-order chi connectivity index (χ1) is 21.6. The Kier molecular flexibility index (Phi) is 15.5. The van der Waals surface area contributed by atoms with E-state index in [-0.39, 0.29) is 32.5 Å². The van der Waals surface area contributed by atoms with Crippen LogP contribution in [0.3, 0.4) is 0 Å². The van der Waals surface area contributed by atoms with E-state index >= 15 is 0 Å². The van der Waals surface area contributed by atoms with E-state index in [0.717, 1.165) is 0 Å². The maximum atomic E-state index is 13.5. The van der Waals surface area contributed by atoms with E-state index in [4.69, 9.17) is 23.8 Å². The average molecular weight is 652 g/mol. The molecule has 0 saturated carbocycles. The van der Waals surface area contributed by atoms with Crippen LogP contribution in [0.15, 0.2) is 30.3 Å². The smallest absolute Gasteiger partial charge is 0.410 e. The van der Waals surface area contributed by atoms with Gasteiger partial charge in [-0.2, -0.15) is 0 Å². The van der Waals surface area contributed by atoms with Crippen molar-refractivity contribution in [2.75, 3.05) is 92.9 Å². The molecule has 46 heavy (non-hydrogen) atoms. The number of ether oxygens (including phenoxy) is 4. The van der Waals surface area contributed by atoms with Gasteiger partial charge in [0.05, 0.1) is 45.1 Å². The molecule has 1 aliphatic heterocycles. The summed E-state index contributed by atoms with van der Waals surface area (Å²) < 4.78 is 22.2. The molecule has 0 aliphatic carbocycles. The van der Waals surface area contributed by atoms with E-state index in [2.05, 4.69) is 0 Å². The highest BCUT2D eigenvalue weighted by Crippen LogP contribution is 2.12. The molecule has 0 N–H and O–H groups in total. The van der Waals surface area contributed by atoms with E-state index in [1.807, 2.05) is 6.07 Å². The zero-order chi connectivity index (χ0) is 34.3. The molecule has 0 spiro atoms. The number of likely N-dealkylation sites (N-methyl/N-ethyl adjacent to an activating group) is 2. The Hall–Kier alpha value is -3.62. The van der Waals surface area contributed by atoms with Crippen molar-refractivity contribution in [3.8, 4) is 0 Å². The number of hydrogen-bond donors (Lipinski definition) is 0. The van der Waals surface area contributed by atoms with E-state index in [0.29, 0.717) is 57.9 Å².